The van der Waals surface area contributed by atoms with E-state index in [0.29, 0.717) is 13.2 Å². The number of guanidine groups is 1. The first-order valence-corrected chi connectivity index (χ1v) is 10.8. The predicted octanol–water partition coefficient (Wildman–Crippen LogP) is 2.20. The number of nitrogens with zero attached hydrogens (tertiary/aromatic N) is 2. The highest BCUT2D eigenvalue weighted by Gasteiger charge is 2.16. The van der Waals surface area contributed by atoms with E-state index in [0.717, 1.165) is 51.1 Å². The number of benzene rings is 1. The highest BCUT2D eigenvalue weighted by molar-refractivity contribution is 7.99. The van der Waals surface area contributed by atoms with Crippen LogP contribution in [0.4, 0.5) is 0 Å². The second kappa shape index (κ2) is 11.4. The molecule has 2 N–H and O–H groups in total. The van der Waals surface area contributed by atoms with Crippen LogP contribution in [0.15, 0.2) is 29.3 Å². The predicted molar refractivity (Wildman–Crippen MR) is 115 cm³/mol. The zero-order chi connectivity index (χ0) is 19.5. The summed E-state index contributed by atoms with van der Waals surface area (Å²) in [6.45, 7) is 11.3. The number of aliphatic imine (C=N–C) groups is 1. The van der Waals surface area contributed by atoms with Crippen molar-refractivity contribution in [1.29, 1.82) is 0 Å². The highest BCUT2D eigenvalue weighted by Crippen LogP contribution is 2.19. The van der Waals surface area contributed by atoms with Crippen LogP contribution in [-0.2, 0) is 11.3 Å². The summed E-state index contributed by atoms with van der Waals surface area (Å²) >= 11 is 1.84. The fourth-order valence-electron chi connectivity index (χ4n) is 2.64. The maximum atomic E-state index is 5.93. The van der Waals surface area contributed by atoms with Crippen molar-refractivity contribution >= 4 is 17.7 Å². The molecule has 152 valence electrons. The van der Waals surface area contributed by atoms with Crippen molar-refractivity contribution in [2.45, 2.75) is 25.1 Å². The van der Waals surface area contributed by atoms with Gasteiger partial charge in [-0.1, -0.05) is 12.1 Å². The summed E-state index contributed by atoms with van der Waals surface area (Å²) in [5.74, 6) is 1.73. The Kier molecular flexibility index (Phi) is 9.24. The first-order chi connectivity index (χ1) is 13.0. The van der Waals surface area contributed by atoms with Crippen LogP contribution in [0.2, 0.25) is 0 Å². The number of ether oxygens (including phenoxy) is 2. The molecule has 0 aromatic heterocycles. The van der Waals surface area contributed by atoms with Crippen molar-refractivity contribution in [1.82, 2.24) is 15.5 Å². The van der Waals surface area contributed by atoms with E-state index in [9.17, 15) is 0 Å². The molecule has 1 fully saturated rings. The Balaban J connectivity index is 1.75. The summed E-state index contributed by atoms with van der Waals surface area (Å²) in [5, 5.41) is 6.76. The van der Waals surface area contributed by atoms with Gasteiger partial charge in [0.25, 0.3) is 0 Å². The number of hydrogen-bond donors (Lipinski definition) is 2. The number of thioether (sulfide) groups is 1. The van der Waals surface area contributed by atoms with Gasteiger partial charge in [-0.25, -0.2) is 0 Å². The Morgan fingerprint density at radius 3 is 2.78 bits per heavy atom. The topological polar surface area (TPSA) is 58.1 Å². The quantitative estimate of drug-likeness (QED) is 0.495. The van der Waals surface area contributed by atoms with Crippen molar-refractivity contribution < 1.29 is 9.47 Å². The fourth-order valence-corrected chi connectivity index (χ4v) is 2.85. The van der Waals surface area contributed by atoms with E-state index in [4.69, 9.17) is 9.47 Å². The molecule has 1 aromatic rings. The van der Waals surface area contributed by atoms with E-state index in [1.807, 2.05) is 23.9 Å². The Bertz CT molecular complexity index is 589. The molecule has 0 aliphatic carbocycles. The molecular formula is C20H34N4O2S. The molecule has 0 unspecified atom stereocenters. The standard InChI is InChI=1S/C20H34N4O2S/c1-20(2,27-4)16-23-19(21-3)22-15-17-6-5-7-18(14-17)26-13-10-24-8-11-25-12-9-24/h5-7,14H,8-13,15-16H2,1-4H3,(H2,21,22,23). The van der Waals surface area contributed by atoms with Crippen LogP contribution < -0.4 is 15.4 Å². The zero-order valence-electron chi connectivity index (χ0n) is 17.1. The monoisotopic (exact) mass is 394 g/mol. The molecule has 1 aromatic carbocycles. The van der Waals surface area contributed by atoms with Gasteiger partial charge < -0.3 is 20.1 Å². The summed E-state index contributed by atoms with van der Waals surface area (Å²) in [5.41, 5.74) is 1.17. The van der Waals surface area contributed by atoms with Crippen LogP contribution in [0.25, 0.3) is 0 Å². The molecule has 1 aliphatic rings. The first kappa shape index (κ1) is 21.9. The van der Waals surface area contributed by atoms with Gasteiger partial charge in [0, 0.05) is 44.5 Å². The lowest BCUT2D eigenvalue weighted by molar-refractivity contribution is 0.0322. The third kappa shape index (κ3) is 8.41. The molecule has 7 heteroatoms. The number of morpholine rings is 1. The van der Waals surface area contributed by atoms with E-state index < -0.39 is 0 Å². The lowest BCUT2D eigenvalue weighted by Gasteiger charge is -2.26. The number of hydrogen-bond acceptors (Lipinski definition) is 5. The minimum absolute atomic E-state index is 0.172. The van der Waals surface area contributed by atoms with Gasteiger partial charge in [-0.3, -0.25) is 9.89 Å². The fraction of sp³-hybridized carbons (Fsp3) is 0.650. The molecule has 2 rings (SSSR count). The van der Waals surface area contributed by atoms with Crippen molar-refractivity contribution in [2.24, 2.45) is 4.99 Å². The van der Waals surface area contributed by atoms with E-state index in [1.165, 1.54) is 5.56 Å². The van der Waals surface area contributed by atoms with Crippen LogP contribution >= 0.6 is 11.8 Å². The molecule has 0 spiro atoms. The second-order valence-corrected chi connectivity index (χ2v) is 8.71. The van der Waals surface area contributed by atoms with Crippen molar-refractivity contribution in [3.8, 4) is 5.75 Å². The van der Waals surface area contributed by atoms with E-state index >= 15 is 0 Å². The summed E-state index contributed by atoms with van der Waals surface area (Å²) in [6.07, 6.45) is 2.13. The Labute approximate surface area is 168 Å². The minimum Gasteiger partial charge on any atom is -0.492 e. The van der Waals surface area contributed by atoms with Gasteiger partial charge in [0.2, 0.25) is 0 Å². The molecule has 0 bridgehead atoms. The molecule has 6 nitrogen and oxygen atoms in total. The van der Waals surface area contributed by atoms with Gasteiger partial charge in [0.15, 0.2) is 5.96 Å². The zero-order valence-corrected chi connectivity index (χ0v) is 17.9. The van der Waals surface area contributed by atoms with Gasteiger partial charge in [-0.05, 0) is 37.8 Å². The van der Waals surface area contributed by atoms with Gasteiger partial charge in [-0.2, -0.15) is 11.8 Å². The second-order valence-electron chi connectivity index (χ2n) is 7.19. The molecule has 1 heterocycles. The molecule has 1 aliphatic heterocycles. The van der Waals surface area contributed by atoms with Gasteiger partial charge in [0.1, 0.15) is 12.4 Å². The normalized spacial score (nSPS) is 16.2. The highest BCUT2D eigenvalue weighted by atomic mass is 32.2. The van der Waals surface area contributed by atoms with Crippen molar-refractivity contribution in [3.05, 3.63) is 29.8 Å². The number of nitrogens with one attached hydrogen (secondary N) is 2. The van der Waals surface area contributed by atoms with E-state index in [2.05, 4.69) is 52.8 Å². The number of rotatable bonds is 9. The third-order valence-corrected chi connectivity index (χ3v) is 5.85. The molecule has 0 saturated carbocycles. The average molecular weight is 395 g/mol. The minimum atomic E-state index is 0.172. The molecule has 1 saturated heterocycles. The molecule has 0 amide bonds. The maximum Gasteiger partial charge on any atom is 0.191 e. The van der Waals surface area contributed by atoms with Crippen LogP contribution in [0.5, 0.6) is 5.75 Å². The average Bonchev–Trinajstić information content (AvgIpc) is 2.69. The molecule has 0 radical (unpaired) electrons. The summed E-state index contributed by atoms with van der Waals surface area (Å²) in [6, 6.07) is 8.23. The van der Waals surface area contributed by atoms with Crippen LogP contribution in [0, 0.1) is 0 Å². The molecule has 0 atom stereocenters. The summed E-state index contributed by atoms with van der Waals surface area (Å²) in [4.78, 5) is 6.68. The Hall–Kier alpha value is -1.44. The Morgan fingerprint density at radius 1 is 1.30 bits per heavy atom. The molecule has 27 heavy (non-hydrogen) atoms. The first-order valence-electron chi connectivity index (χ1n) is 9.54. The van der Waals surface area contributed by atoms with Crippen LogP contribution in [-0.4, -0.2) is 74.9 Å². The largest absolute Gasteiger partial charge is 0.492 e. The summed E-state index contributed by atoms with van der Waals surface area (Å²) < 4.78 is 11.5. The van der Waals surface area contributed by atoms with E-state index in [1.54, 1.807) is 7.05 Å². The summed E-state index contributed by atoms with van der Waals surface area (Å²) in [7, 11) is 1.80. The third-order valence-electron chi connectivity index (χ3n) is 4.60. The SMILES string of the molecule is CN=C(NCc1cccc(OCCN2CCOCC2)c1)NCC(C)(C)SC. The molecular weight excluding hydrogens is 360 g/mol. The Morgan fingerprint density at radius 2 is 2.07 bits per heavy atom. The van der Waals surface area contributed by atoms with Gasteiger partial charge >= 0.3 is 0 Å². The lowest BCUT2D eigenvalue weighted by atomic mass is 10.2. The van der Waals surface area contributed by atoms with Gasteiger partial charge in [0.05, 0.1) is 13.2 Å². The van der Waals surface area contributed by atoms with Crippen molar-refractivity contribution in [3.63, 3.8) is 0 Å². The van der Waals surface area contributed by atoms with E-state index in [-0.39, 0.29) is 4.75 Å². The van der Waals surface area contributed by atoms with Crippen LogP contribution in [0.3, 0.4) is 0 Å². The van der Waals surface area contributed by atoms with Crippen LogP contribution in [0.1, 0.15) is 19.4 Å². The van der Waals surface area contributed by atoms with Crippen molar-refractivity contribution in [2.75, 3.05) is 59.3 Å². The lowest BCUT2D eigenvalue weighted by Crippen LogP contribution is -2.42. The van der Waals surface area contributed by atoms with Gasteiger partial charge in [-0.15, -0.1) is 0 Å². The smallest absolute Gasteiger partial charge is 0.191 e. The maximum absolute atomic E-state index is 5.93.